The first-order chi connectivity index (χ1) is 11.6. The molecular formula is C18H18N2O4. The van der Waals surface area contributed by atoms with Gasteiger partial charge in [0.15, 0.2) is 11.5 Å². The van der Waals surface area contributed by atoms with Crippen molar-refractivity contribution in [1.29, 1.82) is 0 Å². The minimum absolute atomic E-state index is 0.165. The Labute approximate surface area is 139 Å². The summed E-state index contributed by atoms with van der Waals surface area (Å²) in [7, 11) is 0. The van der Waals surface area contributed by atoms with Crippen LogP contribution in [0.15, 0.2) is 42.5 Å². The Morgan fingerprint density at radius 1 is 0.917 bits per heavy atom. The van der Waals surface area contributed by atoms with Gasteiger partial charge in [0.2, 0.25) is 5.91 Å². The lowest BCUT2D eigenvalue weighted by Gasteiger charge is -2.10. The smallest absolute Gasteiger partial charge is 0.255 e. The fourth-order valence-electron chi connectivity index (χ4n) is 2.39. The summed E-state index contributed by atoms with van der Waals surface area (Å²) in [6.45, 7) is 2.61. The molecule has 0 spiro atoms. The third-order valence-corrected chi connectivity index (χ3v) is 3.45. The molecule has 124 valence electrons. The van der Waals surface area contributed by atoms with Crippen molar-refractivity contribution in [1.82, 2.24) is 0 Å². The van der Waals surface area contributed by atoms with E-state index in [1.807, 2.05) is 0 Å². The average Bonchev–Trinajstić information content (AvgIpc) is 2.79. The highest BCUT2D eigenvalue weighted by Crippen LogP contribution is 2.30. The van der Waals surface area contributed by atoms with Gasteiger partial charge < -0.3 is 20.1 Å². The first-order valence-corrected chi connectivity index (χ1v) is 7.70. The van der Waals surface area contributed by atoms with Gasteiger partial charge in [0.05, 0.1) is 13.2 Å². The molecule has 2 N–H and O–H groups in total. The van der Waals surface area contributed by atoms with E-state index in [-0.39, 0.29) is 11.8 Å². The summed E-state index contributed by atoms with van der Waals surface area (Å²) in [6.07, 6.45) is 0.812. The zero-order chi connectivity index (χ0) is 16.9. The molecule has 0 aromatic heterocycles. The van der Waals surface area contributed by atoms with Crippen molar-refractivity contribution in [2.45, 2.75) is 13.3 Å². The van der Waals surface area contributed by atoms with Gasteiger partial charge in [-0.15, -0.1) is 0 Å². The molecule has 1 aliphatic heterocycles. The number of amides is 2. The number of ether oxygens (including phenoxy) is 2. The van der Waals surface area contributed by atoms with Crippen molar-refractivity contribution in [3.8, 4) is 11.5 Å². The van der Waals surface area contributed by atoms with Crippen LogP contribution < -0.4 is 20.1 Å². The second kappa shape index (κ2) is 7.04. The molecule has 0 aliphatic carbocycles. The van der Waals surface area contributed by atoms with E-state index < -0.39 is 0 Å². The Balaban J connectivity index is 1.75. The molecule has 6 nitrogen and oxygen atoms in total. The van der Waals surface area contributed by atoms with Crippen LogP contribution >= 0.6 is 0 Å². The van der Waals surface area contributed by atoms with Crippen molar-refractivity contribution in [2.75, 3.05) is 23.8 Å². The molecule has 0 bridgehead atoms. The van der Waals surface area contributed by atoms with Crippen molar-refractivity contribution < 1.29 is 19.1 Å². The van der Waals surface area contributed by atoms with Crippen LogP contribution in [0.5, 0.6) is 11.5 Å². The van der Waals surface area contributed by atoms with Crippen molar-refractivity contribution >= 4 is 23.2 Å². The average molecular weight is 326 g/mol. The van der Waals surface area contributed by atoms with Gasteiger partial charge in [-0.2, -0.15) is 0 Å². The lowest BCUT2D eigenvalue weighted by atomic mass is 10.1. The molecule has 3 rings (SSSR count). The fraction of sp³-hybridized carbons (Fsp3) is 0.222. The molecule has 2 aromatic carbocycles. The van der Waals surface area contributed by atoms with E-state index >= 15 is 0 Å². The summed E-state index contributed by atoms with van der Waals surface area (Å²) in [5, 5.41) is 5.49. The van der Waals surface area contributed by atoms with Crippen LogP contribution in [-0.2, 0) is 4.79 Å². The maximum Gasteiger partial charge on any atom is 0.255 e. The van der Waals surface area contributed by atoms with Crippen LogP contribution in [0, 0.1) is 0 Å². The fourth-order valence-corrected chi connectivity index (χ4v) is 2.39. The second-order valence-electron chi connectivity index (χ2n) is 5.43. The summed E-state index contributed by atoms with van der Waals surface area (Å²) >= 11 is 0. The summed E-state index contributed by atoms with van der Waals surface area (Å²) < 4.78 is 11.2. The molecule has 2 aromatic rings. The summed E-state index contributed by atoms with van der Waals surface area (Å²) in [6, 6.07) is 12.1. The zero-order valence-corrected chi connectivity index (χ0v) is 13.3. The number of hydrogen-bond donors (Lipinski definition) is 2. The molecule has 24 heavy (non-hydrogen) atoms. The molecule has 2 amide bonds. The monoisotopic (exact) mass is 326 g/mol. The Kier molecular flexibility index (Phi) is 4.65. The van der Waals surface area contributed by atoms with Crippen LogP contribution in [0.1, 0.15) is 23.7 Å². The van der Waals surface area contributed by atoms with Gasteiger partial charge in [0, 0.05) is 30.3 Å². The number of carbonyl (C=O) groups is 2. The molecule has 0 saturated heterocycles. The number of benzene rings is 2. The topological polar surface area (TPSA) is 76.7 Å². The van der Waals surface area contributed by atoms with Gasteiger partial charge >= 0.3 is 0 Å². The van der Waals surface area contributed by atoms with Crippen molar-refractivity contribution in [3.05, 3.63) is 48.0 Å². The first kappa shape index (κ1) is 15.9. The highest BCUT2D eigenvalue weighted by Gasteiger charge is 2.14. The number of fused-ring (bicyclic) bond motifs is 1. The molecule has 6 heteroatoms. The largest absolute Gasteiger partial charge is 0.490 e. The van der Waals surface area contributed by atoms with Gasteiger partial charge in [-0.3, -0.25) is 9.59 Å². The van der Waals surface area contributed by atoms with E-state index in [0.29, 0.717) is 41.7 Å². The van der Waals surface area contributed by atoms with Gasteiger partial charge in [0.1, 0.15) is 0 Å². The Morgan fingerprint density at radius 2 is 1.62 bits per heavy atom. The number of hydrogen-bond acceptors (Lipinski definition) is 4. The normalized spacial score (nSPS) is 12.9. The van der Waals surface area contributed by atoms with Gasteiger partial charge in [-0.1, -0.05) is 6.07 Å². The lowest BCUT2D eigenvalue weighted by molar-refractivity contribution is -0.114. The highest BCUT2D eigenvalue weighted by molar-refractivity contribution is 6.05. The zero-order valence-electron chi connectivity index (χ0n) is 13.3. The van der Waals surface area contributed by atoms with Crippen LogP contribution in [0.4, 0.5) is 11.4 Å². The van der Waals surface area contributed by atoms with E-state index in [9.17, 15) is 9.59 Å². The van der Waals surface area contributed by atoms with E-state index in [0.717, 1.165) is 6.42 Å². The van der Waals surface area contributed by atoms with E-state index in [1.165, 1.54) is 6.92 Å². The van der Waals surface area contributed by atoms with Crippen LogP contribution in [0.3, 0.4) is 0 Å². The Bertz CT molecular complexity index is 773. The molecule has 0 saturated carbocycles. The second-order valence-corrected chi connectivity index (χ2v) is 5.43. The maximum atomic E-state index is 12.4. The van der Waals surface area contributed by atoms with Crippen molar-refractivity contribution in [2.24, 2.45) is 0 Å². The van der Waals surface area contributed by atoms with Crippen molar-refractivity contribution in [3.63, 3.8) is 0 Å². The number of anilines is 2. The predicted molar refractivity (Wildman–Crippen MR) is 90.7 cm³/mol. The third-order valence-electron chi connectivity index (χ3n) is 3.45. The number of nitrogens with one attached hydrogen (secondary N) is 2. The molecule has 1 heterocycles. The highest BCUT2D eigenvalue weighted by atomic mass is 16.5. The summed E-state index contributed by atoms with van der Waals surface area (Å²) in [5.74, 6) is 0.802. The van der Waals surface area contributed by atoms with Crippen LogP contribution in [-0.4, -0.2) is 25.0 Å². The summed E-state index contributed by atoms with van der Waals surface area (Å²) in [5.41, 5.74) is 1.70. The lowest BCUT2D eigenvalue weighted by Crippen LogP contribution is -2.13. The third kappa shape index (κ3) is 3.84. The van der Waals surface area contributed by atoms with Gasteiger partial charge in [-0.05, 0) is 36.4 Å². The Hall–Kier alpha value is -3.02. The number of rotatable bonds is 3. The molecule has 0 fully saturated rings. The Morgan fingerprint density at radius 3 is 2.38 bits per heavy atom. The minimum atomic E-state index is -0.259. The molecule has 1 aliphatic rings. The first-order valence-electron chi connectivity index (χ1n) is 7.70. The standard InChI is InChI=1S/C18H18N2O4/c1-12(21)19-14-4-2-5-15(11-14)20-18(22)13-6-7-16-17(10-13)24-9-3-8-23-16/h2,4-7,10-11H,3,8-9H2,1H3,(H,19,21)(H,20,22). The minimum Gasteiger partial charge on any atom is -0.490 e. The molecule has 0 unspecified atom stereocenters. The van der Waals surface area contributed by atoms with Crippen LogP contribution in [0.25, 0.3) is 0 Å². The number of carbonyl (C=O) groups excluding carboxylic acids is 2. The van der Waals surface area contributed by atoms with E-state index in [4.69, 9.17) is 9.47 Å². The van der Waals surface area contributed by atoms with E-state index in [2.05, 4.69) is 10.6 Å². The predicted octanol–water partition coefficient (Wildman–Crippen LogP) is 3.06. The maximum absolute atomic E-state index is 12.4. The van der Waals surface area contributed by atoms with E-state index in [1.54, 1.807) is 42.5 Å². The quantitative estimate of drug-likeness (QED) is 0.909. The van der Waals surface area contributed by atoms with Gasteiger partial charge in [-0.25, -0.2) is 0 Å². The SMILES string of the molecule is CC(=O)Nc1cccc(NC(=O)c2ccc3c(c2)OCCCO3)c1. The molecule has 0 radical (unpaired) electrons. The van der Waals surface area contributed by atoms with Crippen LogP contribution in [0.2, 0.25) is 0 Å². The molecule has 0 atom stereocenters. The van der Waals surface area contributed by atoms with Gasteiger partial charge in [0.25, 0.3) is 5.91 Å². The summed E-state index contributed by atoms with van der Waals surface area (Å²) in [4.78, 5) is 23.5. The molecular weight excluding hydrogens is 308 g/mol.